The van der Waals surface area contributed by atoms with Gasteiger partial charge in [-0.3, -0.25) is 0 Å². The Labute approximate surface area is 351 Å². The van der Waals surface area contributed by atoms with Crippen LogP contribution in [0, 0.1) is 0 Å². The fraction of sp³-hybridized carbons (Fsp3) is 0.0847. The lowest BCUT2D eigenvalue weighted by Crippen LogP contribution is -2.25. The molecule has 10 aromatic carbocycles. The third-order valence-electron chi connectivity index (χ3n) is 13.4. The van der Waals surface area contributed by atoms with Crippen LogP contribution >= 0.6 is 0 Å². The largest absolute Gasteiger partial charge is 0.309 e. The van der Waals surface area contributed by atoms with E-state index in [0.29, 0.717) is 0 Å². The third kappa shape index (κ3) is 4.81. The molecule has 0 radical (unpaired) electrons. The summed E-state index contributed by atoms with van der Waals surface area (Å²) in [6.45, 7) is 6.96. The molecule has 2 aliphatic rings. The van der Waals surface area contributed by atoms with Crippen LogP contribution in [-0.4, -0.2) is 0 Å². The molecule has 0 heterocycles. The molecule has 60 heavy (non-hydrogen) atoms. The second-order valence-corrected chi connectivity index (χ2v) is 17.6. The van der Waals surface area contributed by atoms with E-state index < -0.39 is 5.41 Å². The molecule has 12 rings (SSSR count). The van der Waals surface area contributed by atoms with E-state index in [-0.39, 0.29) is 5.41 Å². The summed E-state index contributed by atoms with van der Waals surface area (Å²) in [4.78, 5) is 2.56. The molecular weight excluding hydrogens is 723 g/mol. The lowest BCUT2D eigenvalue weighted by molar-refractivity contribution is 0.596. The molecule has 1 spiro atoms. The zero-order valence-electron chi connectivity index (χ0n) is 34.1. The van der Waals surface area contributed by atoms with Crippen LogP contribution in [0.5, 0.6) is 0 Å². The molecule has 284 valence electrons. The predicted octanol–water partition coefficient (Wildman–Crippen LogP) is 15.9. The van der Waals surface area contributed by atoms with Gasteiger partial charge in [-0.25, -0.2) is 0 Å². The van der Waals surface area contributed by atoms with Gasteiger partial charge in [0.05, 0.1) is 16.8 Å². The van der Waals surface area contributed by atoms with E-state index in [1.165, 1.54) is 93.5 Å². The van der Waals surface area contributed by atoms with Crippen molar-refractivity contribution in [2.24, 2.45) is 0 Å². The van der Waals surface area contributed by atoms with Crippen LogP contribution in [0.3, 0.4) is 0 Å². The van der Waals surface area contributed by atoms with Gasteiger partial charge in [0.2, 0.25) is 0 Å². The number of nitrogens with zero attached hydrogens (tertiary/aromatic N) is 1. The standard InChI is InChI=1S/C59H43N/c1-58(2,3)50-34-36-55(47-26-9-8-24-45(47)50)60(56-35-31-39-18-5-7-21-42(39)57(56)48-27-16-19-38-17-4-6-20-41(38)48)40-32-33-54-49(37-40)46-25-12-15-30-53(46)59(54)51-28-13-10-22-43(51)44-23-11-14-29-52(44)59/h4-37H,1-3H3. The van der Waals surface area contributed by atoms with Gasteiger partial charge in [0.15, 0.2) is 0 Å². The van der Waals surface area contributed by atoms with Gasteiger partial charge >= 0.3 is 0 Å². The first-order valence-corrected chi connectivity index (χ1v) is 21.2. The minimum Gasteiger partial charge on any atom is -0.309 e. The molecule has 0 saturated carbocycles. The van der Waals surface area contributed by atoms with Crippen molar-refractivity contribution in [3.63, 3.8) is 0 Å². The van der Waals surface area contributed by atoms with E-state index in [0.717, 1.165) is 17.1 Å². The minimum atomic E-state index is -0.402. The van der Waals surface area contributed by atoms with E-state index in [2.05, 4.69) is 232 Å². The summed E-state index contributed by atoms with van der Waals surface area (Å²) in [5, 5.41) is 7.45. The molecule has 0 aliphatic heterocycles. The molecule has 0 aromatic heterocycles. The number of rotatable bonds is 4. The van der Waals surface area contributed by atoms with Gasteiger partial charge in [-0.05, 0) is 112 Å². The first-order valence-electron chi connectivity index (χ1n) is 21.2. The van der Waals surface area contributed by atoms with E-state index in [9.17, 15) is 0 Å². The summed E-state index contributed by atoms with van der Waals surface area (Å²) in [5.41, 5.74) is 17.4. The number of benzene rings is 10. The van der Waals surface area contributed by atoms with E-state index in [1.807, 2.05) is 0 Å². The topological polar surface area (TPSA) is 3.24 Å². The second kappa shape index (κ2) is 12.9. The van der Waals surface area contributed by atoms with E-state index >= 15 is 0 Å². The summed E-state index contributed by atoms with van der Waals surface area (Å²) in [5.74, 6) is 0. The SMILES string of the molecule is CC(C)(C)c1ccc(N(c2ccc3c(c2)-c2ccccc2C32c3ccccc3-c3ccccc32)c2ccc3ccccc3c2-c2cccc3ccccc23)c2ccccc12. The molecular formula is C59H43N. The number of fused-ring (bicyclic) bond motifs is 13. The highest BCUT2D eigenvalue weighted by molar-refractivity contribution is 6.13. The summed E-state index contributed by atoms with van der Waals surface area (Å²) in [6, 6.07) is 77.4. The highest BCUT2D eigenvalue weighted by Crippen LogP contribution is 2.63. The highest BCUT2D eigenvalue weighted by Gasteiger charge is 2.51. The molecule has 0 N–H and O–H groups in total. The van der Waals surface area contributed by atoms with E-state index in [4.69, 9.17) is 0 Å². The first-order chi connectivity index (χ1) is 29.4. The molecule has 0 unspecified atom stereocenters. The van der Waals surface area contributed by atoms with Crippen molar-refractivity contribution < 1.29 is 0 Å². The molecule has 10 aromatic rings. The Hall–Kier alpha value is -7.22. The average Bonchev–Trinajstić information content (AvgIpc) is 3.75. The summed E-state index contributed by atoms with van der Waals surface area (Å²) >= 11 is 0. The van der Waals surface area contributed by atoms with Gasteiger partial charge < -0.3 is 4.90 Å². The van der Waals surface area contributed by atoms with Gasteiger partial charge in [0, 0.05) is 16.6 Å². The molecule has 0 atom stereocenters. The molecule has 0 bridgehead atoms. The number of hydrogen-bond acceptors (Lipinski definition) is 1. The van der Waals surface area contributed by atoms with Gasteiger partial charge in [-0.15, -0.1) is 0 Å². The quantitative estimate of drug-likeness (QED) is 0.172. The summed E-state index contributed by atoms with van der Waals surface area (Å²) in [6.07, 6.45) is 0. The van der Waals surface area contributed by atoms with Crippen molar-refractivity contribution in [1.29, 1.82) is 0 Å². The lowest BCUT2D eigenvalue weighted by Gasteiger charge is -2.33. The molecule has 0 amide bonds. The van der Waals surface area contributed by atoms with Crippen molar-refractivity contribution in [2.75, 3.05) is 4.90 Å². The predicted molar refractivity (Wildman–Crippen MR) is 254 cm³/mol. The monoisotopic (exact) mass is 765 g/mol. The highest BCUT2D eigenvalue weighted by atomic mass is 15.1. The molecule has 1 heteroatoms. The number of anilines is 3. The summed E-state index contributed by atoms with van der Waals surface area (Å²) in [7, 11) is 0. The maximum Gasteiger partial charge on any atom is 0.0725 e. The van der Waals surface area contributed by atoms with Crippen molar-refractivity contribution in [3.8, 4) is 33.4 Å². The van der Waals surface area contributed by atoms with Crippen molar-refractivity contribution >= 4 is 49.4 Å². The third-order valence-corrected chi connectivity index (χ3v) is 13.4. The Morgan fingerprint density at radius 2 is 0.833 bits per heavy atom. The zero-order valence-corrected chi connectivity index (χ0v) is 34.1. The van der Waals surface area contributed by atoms with Crippen molar-refractivity contribution in [1.82, 2.24) is 0 Å². The maximum absolute atomic E-state index is 2.56. The van der Waals surface area contributed by atoms with Gasteiger partial charge in [0.1, 0.15) is 0 Å². The van der Waals surface area contributed by atoms with Crippen LogP contribution in [0.1, 0.15) is 48.6 Å². The lowest BCUT2D eigenvalue weighted by atomic mass is 9.70. The van der Waals surface area contributed by atoms with Crippen LogP contribution in [0.2, 0.25) is 0 Å². The molecule has 1 nitrogen and oxygen atoms in total. The second-order valence-electron chi connectivity index (χ2n) is 17.6. The van der Waals surface area contributed by atoms with Crippen LogP contribution in [0.25, 0.3) is 65.7 Å². The van der Waals surface area contributed by atoms with E-state index in [1.54, 1.807) is 0 Å². The fourth-order valence-electron chi connectivity index (χ4n) is 10.9. The minimum absolute atomic E-state index is 0.0283. The average molecular weight is 766 g/mol. The van der Waals surface area contributed by atoms with Crippen LogP contribution in [-0.2, 0) is 10.8 Å². The maximum atomic E-state index is 2.56. The van der Waals surface area contributed by atoms with Crippen LogP contribution < -0.4 is 4.90 Å². The number of hydrogen-bond donors (Lipinski definition) is 0. The Kier molecular flexibility index (Phi) is 7.47. The normalized spacial score (nSPS) is 13.4. The van der Waals surface area contributed by atoms with Gasteiger partial charge in [-0.2, -0.15) is 0 Å². The van der Waals surface area contributed by atoms with Crippen molar-refractivity contribution in [3.05, 3.63) is 234 Å². The molecule has 2 aliphatic carbocycles. The van der Waals surface area contributed by atoms with Crippen LogP contribution in [0.4, 0.5) is 17.1 Å². The van der Waals surface area contributed by atoms with Crippen LogP contribution in [0.15, 0.2) is 206 Å². The molecule has 0 fully saturated rings. The Morgan fingerprint density at radius 3 is 1.50 bits per heavy atom. The Balaban J connectivity index is 1.19. The van der Waals surface area contributed by atoms with Gasteiger partial charge in [0.25, 0.3) is 0 Å². The van der Waals surface area contributed by atoms with Gasteiger partial charge in [-0.1, -0.05) is 203 Å². The molecule has 0 saturated heterocycles. The fourth-order valence-corrected chi connectivity index (χ4v) is 10.9. The Bertz CT molecular complexity index is 3330. The zero-order chi connectivity index (χ0) is 40.2. The Morgan fingerprint density at radius 1 is 0.350 bits per heavy atom. The smallest absolute Gasteiger partial charge is 0.0725 e. The van der Waals surface area contributed by atoms with Crippen molar-refractivity contribution in [2.45, 2.75) is 31.6 Å². The first kappa shape index (κ1) is 34.8. The summed E-state index contributed by atoms with van der Waals surface area (Å²) < 4.78 is 0.